The Morgan fingerprint density at radius 1 is 0.895 bits per heavy atom. The number of rotatable bonds is 10. The first kappa shape index (κ1) is 26.0. The van der Waals surface area contributed by atoms with Gasteiger partial charge in [-0.3, -0.25) is 24.0 Å². The van der Waals surface area contributed by atoms with Gasteiger partial charge in [0.1, 0.15) is 12.1 Å². The Morgan fingerprint density at radius 2 is 1.63 bits per heavy atom. The minimum atomic E-state index is -1.35. The monoisotopic (exact) mass is 514 g/mol. The molecular weight excluding hydrogens is 488 g/mol. The first-order valence-electron chi connectivity index (χ1n) is 12.0. The second kappa shape index (κ2) is 11.8. The SMILES string of the molecule is CCC(NC(=O)c1nc2ccccc2[nH]1)C(=O)NC(Cc1ccc[nH]c1=O)C(=O)C(=O)Nc1ccccc1. The number of hydrogen-bond donors (Lipinski definition) is 5. The van der Waals surface area contributed by atoms with Gasteiger partial charge in [-0.05, 0) is 36.8 Å². The number of amides is 3. The minimum Gasteiger partial charge on any atom is -0.344 e. The summed E-state index contributed by atoms with van der Waals surface area (Å²) in [4.78, 5) is 73.7. The molecule has 11 heteroatoms. The molecule has 5 N–H and O–H groups in total. The Kier molecular flexibility index (Phi) is 8.07. The first-order valence-corrected chi connectivity index (χ1v) is 12.0. The van der Waals surface area contributed by atoms with Gasteiger partial charge in [-0.2, -0.15) is 0 Å². The quantitative estimate of drug-likeness (QED) is 0.202. The number of imidazole rings is 1. The van der Waals surface area contributed by atoms with Gasteiger partial charge in [-0.1, -0.05) is 43.3 Å². The van der Waals surface area contributed by atoms with Crippen LogP contribution in [0.4, 0.5) is 5.69 Å². The third-order valence-corrected chi connectivity index (χ3v) is 5.85. The molecule has 2 heterocycles. The molecule has 0 saturated heterocycles. The molecule has 4 rings (SSSR count). The maximum atomic E-state index is 13.2. The van der Waals surface area contributed by atoms with Crippen LogP contribution in [-0.4, -0.2) is 50.5 Å². The van der Waals surface area contributed by atoms with Crippen molar-refractivity contribution >= 4 is 40.2 Å². The number of ketones is 1. The maximum Gasteiger partial charge on any atom is 0.293 e. The van der Waals surface area contributed by atoms with Crippen LogP contribution in [0.25, 0.3) is 11.0 Å². The highest BCUT2D eigenvalue weighted by Gasteiger charge is 2.31. The number of benzene rings is 2. The van der Waals surface area contributed by atoms with Gasteiger partial charge in [0.15, 0.2) is 5.82 Å². The Hall–Kier alpha value is -5.06. The number of pyridine rings is 1. The van der Waals surface area contributed by atoms with E-state index in [1.54, 1.807) is 67.6 Å². The van der Waals surface area contributed by atoms with Crippen molar-refractivity contribution in [3.63, 3.8) is 0 Å². The standard InChI is InChI=1S/C27H26N6O5/c1-2-18(32-27(38)23-30-19-12-6-7-13-20(19)31-23)25(36)33-21(15-16-9-8-14-28-24(16)35)22(34)26(37)29-17-10-4-3-5-11-17/h3-14,18,21H,2,15H2,1H3,(H,28,35)(H,29,37)(H,30,31)(H,32,38)(H,33,36). The smallest absolute Gasteiger partial charge is 0.293 e. The molecule has 0 fully saturated rings. The summed E-state index contributed by atoms with van der Waals surface area (Å²) in [6.07, 6.45) is 1.40. The Bertz CT molecular complexity index is 1490. The number of fused-ring (bicyclic) bond motifs is 1. The zero-order valence-electron chi connectivity index (χ0n) is 20.5. The number of aromatic nitrogens is 3. The molecule has 38 heavy (non-hydrogen) atoms. The van der Waals surface area contributed by atoms with E-state index in [-0.39, 0.29) is 24.2 Å². The topological polar surface area (TPSA) is 166 Å². The number of aromatic amines is 2. The summed E-state index contributed by atoms with van der Waals surface area (Å²) in [6, 6.07) is 16.2. The third kappa shape index (κ3) is 6.19. The molecule has 3 amide bonds. The van der Waals surface area contributed by atoms with Crippen LogP contribution >= 0.6 is 0 Å². The summed E-state index contributed by atoms with van der Waals surface area (Å²) >= 11 is 0. The van der Waals surface area contributed by atoms with Crippen molar-refractivity contribution in [2.75, 3.05) is 5.32 Å². The van der Waals surface area contributed by atoms with Crippen molar-refractivity contribution in [3.8, 4) is 0 Å². The number of carbonyl (C=O) groups excluding carboxylic acids is 4. The maximum absolute atomic E-state index is 13.2. The zero-order valence-corrected chi connectivity index (χ0v) is 20.5. The fraction of sp³-hybridized carbons (Fsp3) is 0.185. The Balaban J connectivity index is 1.51. The summed E-state index contributed by atoms with van der Waals surface area (Å²) in [7, 11) is 0. The second-order valence-electron chi connectivity index (χ2n) is 8.51. The van der Waals surface area contributed by atoms with E-state index in [2.05, 4.69) is 30.9 Å². The van der Waals surface area contributed by atoms with Crippen molar-refractivity contribution in [2.24, 2.45) is 0 Å². The van der Waals surface area contributed by atoms with Crippen molar-refractivity contribution < 1.29 is 19.2 Å². The molecule has 4 aromatic rings. The molecule has 0 saturated carbocycles. The molecule has 194 valence electrons. The number of hydrogen-bond acceptors (Lipinski definition) is 6. The predicted molar refractivity (Wildman–Crippen MR) is 140 cm³/mol. The van der Waals surface area contributed by atoms with Crippen LogP contribution < -0.4 is 21.5 Å². The summed E-state index contributed by atoms with van der Waals surface area (Å²) in [5, 5.41) is 7.65. The van der Waals surface area contributed by atoms with E-state index in [0.29, 0.717) is 16.7 Å². The van der Waals surface area contributed by atoms with E-state index < -0.39 is 41.1 Å². The van der Waals surface area contributed by atoms with Gasteiger partial charge < -0.3 is 25.9 Å². The van der Waals surface area contributed by atoms with E-state index in [1.165, 1.54) is 12.3 Å². The first-order chi connectivity index (χ1) is 18.4. The van der Waals surface area contributed by atoms with Gasteiger partial charge in [0.2, 0.25) is 11.7 Å². The molecule has 0 aliphatic carbocycles. The minimum absolute atomic E-state index is 0.0307. The molecule has 2 atom stereocenters. The fourth-order valence-corrected chi connectivity index (χ4v) is 3.83. The number of anilines is 1. The van der Waals surface area contributed by atoms with Crippen LogP contribution in [-0.2, 0) is 20.8 Å². The third-order valence-electron chi connectivity index (χ3n) is 5.85. The van der Waals surface area contributed by atoms with E-state index in [4.69, 9.17) is 0 Å². The van der Waals surface area contributed by atoms with Gasteiger partial charge >= 0.3 is 0 Å². The average molecular weight is 515 g/mol. The summed E-state index contributed by atoms with van der Waals surface area (Å²) in [5.74, 6) is -3.15. The van der Waals surface area contributed by atoms with Gasteiger partial charge in [0.05, 0.1) is 11.0 Å². The van der Waals surface area contributed by atoms with Crippen molar-refractivity contribution in [2.45, 2.75) is 31.8 Å². The number of H-pyrrole nitrogens is 2. The number of carbonyl (C=O) groups is 4. The summed E-state index contributed by atoms with van der Waals surface area (Å²) < 4.78 is 0. The number of nitrogens with zero attached hydrogens (tertiary/aromatic N) is 1. The van der Waals surface area contributed by atoms with Gasteiger partial charge in [0, 0.05) is 23.9 Å². The molecule has 0 aliphatic rings. The van der Waals surface area contributed by atoms with E-state index in [1.807, 2.05) is 0 Å². The van der Waals surface area contributed by atoms with Crippen molar-refractivity contribution in [3.05, 3.63) is 94.7 Å². The largest absolute Gasteiger partial charge is 0.344 e. The fourth-order valence-electron chi connectivity index (χ4n) is 3.83. The molecule has 0 bridgehead atoms. The van der Waals surface area contributed by atoms with Crippen LogP contribution in [0.3, 0.4) is 0 Å². The molecular formula is C27H26N6O5. The van der Waals surface area contributed by atoms with E-state index >= 15 is 0 Å². The van der Waals surface area contributed by atoms with Crippen molar-refractivity contribution in [1.29, 1.82) is 0 Å². The van der Waals surface area contributed by atoms with Crippen LogP contribution in [0.2, 0.25) is 0 Å². The Labute approximate surface area is 217 Å². The lowest BCUT2D eigenvalue weighted by molar-refractivity contribution is -0.137. The average Bonchev–Trinajstić information content (AvgIpc) is 3.37. The highest BCUT2D eigenvalue weighted by atomic mass is 16.2. The lowest BCUT2D eigenvalue weighted by atomic mass is 10.0. The molecule has 0 radical (unpaired) electrons. The van der Waals surface area contributed by atoms with Crippen LogP contribution in [0.5, 0.6) is 0 Å². The number of Topliss-reactive ketones (excluding diaryl/α,β-unsaturated/α-hetero) is 1. The molecule has 0 aliphatic heterocycles. The molecule has 11 nitrogen and oxygen atoms in total. The summed E-state index contributed by atoms with van der Waals surface area (Å²) in [6.45, 7) is 1.68. The zero-order chi connectivity index (χ0) is 27.1. The highest BCUT2D eigenvalue weighted by molar-refractivity contribution is 6.42. The van der Waals surface area contributed by atoms with Crippen molar-refractivity contribution in [1.82, 2.24) is 25.6 Å². The van der Waals surface area contributed by atoms with Crippen LogP contribution in [0.15, 0.2) is 77.7 Å². The van der Waals surface area contributed by atoms with Gasteiger partial charge in [0.25, 0.3) is 17.4 Å². The predicted octanol–water partition coefficient (Wildman–Crippen LogP) is 1.69. The van der Waals surface area contributed by atoms with E-state index in [0.717, 1.165) is 0 Å². The molecule has 2 aromatic carbocycles. The lowest BCUT2D eigenvalue weighted by Crippen LogP contribution is -2.54. The van der Waals surface area contributed by atoms with Gasteiger partial charge in [-0.25, -0.2) is 4.98 Å². The number of para-hydroxylation sites is 3. The normalized spacial score (nSPS) is 12.3. The van der Waals surface area contributed by atoms with Gasteiger partial charge in [-0.15, -0.1) is 0 Å². The lowest BCUT2D eigenvalue weighted by Gasteiger charge is -2.21. The molecule has 2 unspecified atom stereocenters. The number of nitrogens with one attached hydrogen (secondary N) is 5. The van der Waals surface area contributed by atoms with Crippen LogP contribution in [0.1, 0.15) is 29.5 Å². The second-order valence-corrected chi connectivity index (χ2v) is 8.51. The Morgan fingerprint density at radius 3 is 2.34 bits per heavy atom. The van der Waals surface area contributed by atoms with E-state index in [9.17, 15) is 24.0 Å². The van der Waals surface area contributed by atoms with Crippen LogP contribution in [0, 0.1) is 0 Å². The summed E-state index contributed by atoms with van der Waals surface area (Å²) in [5.41, 5.74) is 1.42. The molecule has 2 aromatic heterocycles. The highest BCUT2D eigenvalue weighted by Crippen LogP contribution is 2.11. The molecule has 0 spiro atoms.